The monoisotopic (exact) mass is 409 g/mol. The van der Waals surface area contributed by atoms with Crippen LogP contribution in [0.25, 0.3) is 0 Å². The van der Waals surface area contributed by atoms with Crippen molar-refractivity contribution < 1.29 is 0 Å². The van der Waals surface area contributed by atoms with Gasteiger partial charge in [0.1, 0.15) is 0 Å². The third kappa shape index (κ3) is 5.67. The molecule has 0 aliphatic heterocycles. The van der Waals surface area contributed by atoms with Gasteiger partial charge in [-0.05, 0) is 37.1 Å². The van der Waals surface area contributed by atoms with E-state index in [4.69, 9.17) is 5.73 Å². The minimum Gasteiger partial charge on any atom is -0.370 e. The summed E-state index contributed by atoms with van der Waals surface area (Å²) in [7, 11) is 0. The average Bonchev–Trinajstić information content (AvgIpc) is 2.45. The van der Waals surface area contributed by atoms with Crippen molar-refractivity contribution in [3.05, 3.63) is 65.2 Å². The molecular weight excluding hydrogens is 385 g/mol. The molecule has 0 heterocycles. The number of aryl methyl sites for hydroxylation is 2. The van der Waals surface area contributed by atoms with Crippen molar-refractivity contribution in [2.24, 2.45) is 10.7 Å². The Morgan fingerprint density at radius 2 is 1.77 bits per heavy atom. The third-order valence-corrected chi connectivity index (χ3v) is 3.47. The topological polar surface area (TPSA) is 50.4 Å². The number of benzene rings is 2. The molecule has 0 spiro atoms. The highest BCUT2D eigenvalue weighted by atomic mass is 127. The van der Waals surface area contributed by atoms with Crippen molar-refractivity contribution in [2.75, 3.05) is 11.9 Å². The summed E-state index contributed by atoms with van der Waals surface area (Å²) in [4.78, 5) is 4.43. The van der Waals surface area contributed by atoms with Gasteiger partial charge >= 0.3 is 0 Å². The molecule has 0 aliphatic carbocycles. The van der Waals surface area contributed by atoms with Crippen LogP contribution in [0.3, 0.4) is 0 Å². The van der Waals surface area contributed by atoms with Gasteiger partial charge in [0.2, 0.25) is 0 Å². The molecule has 0 bridgehead atoms. The first-order valence-corrected chi connectivity index (χ1v) is 7.25. The van der Waals surface area contributed by atoms with Crippen molar-refractivity contribution in [1.82, 2.24) is 0 Å². The Bertz CT molecular complexity index is 620. The first-order chi connectivity index (χ1) is 10.0. The van der Waals surface area contributed by atoms with Gasteiger partial charge in [-0.2, -0.15) is 0 Å². The van der Waals surface area contributed by atoms with Crippen LogP contribution in [0.4, 0.5) is 5.69 Å². The molecule has 2 aromatic carbocycles. The van der Waals surface area contributed by atoms with Crippen LogP contribution in [0.5, 0.6) is 0 Å². The molecule has 0 saturated carbocycles. The van der Waals surface area contributed by atoms with Gasteiger partial charge in [-0.3, -0.25) is 4.99 Å². The second kappa shape index (κ2) is 8.78. The van der Waals surface area contributed by atoms with Gasteiger partial charge in [0.25, 0.3) is 0 Å². The molecular formula is C18H24IN3. The second-order valence-electron chi connectivity index (χ2n) is 5.53. The van der Waals surface area contributed by atoms with Crippen molar-refractivity contribution in [1.29, 1.82) is 0 Å². The first-order valence-electron chi connectivity index (χ1n) is 7.25. The summed E-state index contributed by atoms with van der Waals surface area (Å²) < 4.78 is 0. The molecule has 1 unspecified atom stereocenters. The molecule has 3 nitrogen and oxygen atoms in total. The lowest BCUT2D eigenvalue weighted by Crippen LogP contribution is -2.23. The molecule has 1 atom stereocenters. The number of nitrogens with two attached hydrogens (primary N) is 1. The van der Waals surface area contributed by atoms with E-state index in [9.17, 15) is 0 Å². The lowest BCUT2D eigenvalue weighted by molar-refractivity contribution is 0.774. The van der Waals surface area contributed by atoms with Gasteiger partial charge in [-0.1, -0.05) is 48.9 Å². The Labute approximate surface area is 150 Å². The zero-order valence-corrected chi connectivity index (χ0v) is 15.7. The van der Waals surface area contributed by atoms with Crippen LogP contribution in [-0.2, 0) is 0 Å². The summed E-state index contributed by atoms with van der Waals surface area (Å²) in [5.41, 5.74) is 10.7. The predicted octanol–water partition coefficient (Wildman–Crippen LogP) is 4.45. The van der Waals surface area contributed by atoms with Gasteiger partial charge in [0.05, 0.1) is 0 Å². The van der Waals surface area contributed by atoms with Crippen molar-refractivity contribution >= 4 is 35.6 Å². The van der Waals surface area contributed by atoms with Gasteiger partial charge in [-0.25, -0.2) is 0 Å². The lowest BCUT2D eigenvalue weighted by atomic mass is 10.0. The molecule has 4 heteroatoms. The van der Waals surface area contributed by atoms with Gasteiger partial charge < -0.3 is 11.1 Å². The lowest BCUT2D eigenvalue weighted by Gasteiger charge is -2.11. The van der Waals surface area contributed by atoms with Crippen LogP contribution >= 0.6 is 24.0 Å². The largest absolute Gasteiger partial charge is 0.370 e. The third-order valence-electron chi connectivity index (χ3n) is 3.47. The molecule has 2 rings (SSSR count). The maximum atomic E-state index is 5.95. The molecule has 0 fully saturated rings. The molecule has 0 saturated heterocycles. The molecule has 3 N–H and O–H groups in total. The number of hydrogen-bond donors (Lipinski definition) is 2. The summed E-state index contributed by atoms with van der Waals surface area (Å²) in [6.07, 6.45) is 0. The minimum atomic E-state index is 0. The number of nitrogens with zero attached hydrogens (tertiary/aromatic N) is 1. The number of hydrogen-bond acceptors (Lipinski definition) is 1. The van der Waals surface area contributed by atoms with E-state index >= 15 is 0 Å². The van der Waals surface area contributed by atoms with Crippen LogP contribution in [0, 0.1) is 13.8 Å². The maximum absolute atomic E-state index is 5.95. The van der Waals surface area contributed by atoms with Crippen molar-refractivity contribution in [2.45, 2.75) is 26.7 Å². The van der Waals surface area contributed by atoms with Gasteiger partial charge in [0, 0.05) is 18.2 Å². The molecule has 0 aromatic heterocycles. The predicted molar refractivity (Wildman–Crippen MR) is 106 cm³/mol. The molecule has 0 aliphatic rings. The van der Waals surface area contributed by atoms with E-state index in [-0.39, 0.29) is 24.0 Å². The van der Waals surface area contributed by atoms with Crippen LogP contribution in [0.1, 0.15) is 29.5 Å². The Kier molecular flexibility index (Phi) is 7.38. The Morgan fingerprint density at radius 1 is 1.09 bits per heavy atom. The van der Waals surface area contributed by atoms with Crippen LogP contribution < -0.4 is 11.1 Å². The van der Waals surface area contributed by atoms with Crippen LogP contribution in [0.2, 0.25) is 0 Å². The number of guanidine groups is 1. The maximum Gasteiger partial charge on any atom is 0.193 e. The van der Waals surface area contributed by atoms with E-state index in [0.717, 1.165) is 5.69 Å². The summed E-state index contributed by atoms with van der Waals surface area (Å²) in [5, 5.41) is 3.13. The highest BCUT2D eigenvalue weighted by Crippen LogP contribution is 2.16. The number of aliphatic imine (C=N–C) groups is 1. The fourth-order valence-electron chi connectivity index (χ4n) is 2.15. The highest BCUT2D eigenvalue weighted by molar-refractivity contribution is 14.0. The SMILES string of the molecule is Cc1ccc(C(C)CN=C(N)Nc2cccc(C)c2)cc1.I. The van der Waals surface area contributed by atoms with Gasteiger partial charge in [0.15, 0.2) is 5.96 Å². The number of halogens is 1. The highest BCUT2D eigenvalue weighted by Gasteiger charge is 2.04. The standard InChI is InChI=1S/C18H23N3.HI/c1-13-7-9-16(10-8-13)15(3)12-20-18(19)21-17-6-4-5-14(2)11-17;/h4-11,15H,12H2,1-3H3,(H3,19,20,21);1H. The first kappa shape index (κ1) is 18.5. The number of anilines is 1. The van der Waals surface area contributed by atoms with E-state index in [1.54, 1.807) is 0 Å². The zero-order chi connectivity index (χ0) is 15.2. The Hall–Kier alpha value is -1.56. The molecule has 22 heavy (non-hydrogen) atoms. The molecule has 118 valence electrons. The summed E-state index contributed by atoms with van der Waals surface area (Å²) in [5.74, 6) is 0.808. The molecule has 0 amide bonds. The molecule has 0 radical (unpaired) electrons. The second-order valence-corrected chi connectivity index (χ2v) is 5.53. The zero-order valence-electron chi connectivity index (χ0n) is 13.3. The minimum absolute atomic E-state index is 0. The van der Waals surface area contributed by atoms with E-state index < -0.39 is 0 Å². The summed E-state index contributed by atoms with van der Waals surface area (Å²) in [6.45, 7) is 6.98. The molecule has 2 aromatic rings. The Balaban J connectivity index is 0.00000242. The van der Waals surface area contributed by atoms with Gasteiger partial charge in [-0.15, -0.1) is 24.0 Å². The van der Waals surface area contributed by atoms with E-state index in [1.165, 1.54) is 16.7 Å². The summed E-state index contributed by atoms with van der Waals surface area (Å²) in [6, 6.07) is 16.6. The fraction of sp³-hybridized carbons (Fsp3) is 0.278. The van der Waals surface area contributed by atoms with E-state index in [2.05, 4.69) is 61.4 Å². The normalized spacial score (nSPS) is 12.4. The van der Waals surface area contributed by atoms with Crippen molar-refractivity contribution in [3.63, 3.8) is 0 Å². The van der Waals surface area contributed by atoms with E-state index in [1.807, 2.05) is 18.2 Å². The quantitative estimate of drug-likeness (QED) is 0.445. The number of rotatable bonds is 4. The van der Waals surface area contributed by atoms with Crippen molar-refractivity contribution in [3.8, 4) is 0 Å². The van der Waals surface area contributed by atoms with E-state index in [0.29, 0.717) is 18.4 Å². The van der Waals surface area contributed by atoms with Crippen LogP contribution in [0.15, 0.2) is 53.5 Å². The average molecular weight is 409 g/mol. The summed E-state index contributed by atoms with van der Waals surface area (Å²) >= 11 is 0. The number of nitrogens with one attached hydrogen (secondary N) is 1. The smallest absolute Gasteiger partial charge is 0.193 e. The van der Waals surface area contributed by atoms with Crippen LogP contribution in [-0.4, -0.2) is 12.5 Å². The Morgan fingerprint density at radius 3 is 2.41 bits per heavy atom. The fourth-order valence-corrected chi connectivity index (χ4v) is 2.15.